The summed E-state index contributed by atoms with van der Waals surface area (Å²) in [5, 5.41) is 0. The van der Waals surface area contributed by atoms with Gasteiger partial charge in [0.25, 0.3) is 0 Å². The zero-order valence-electron chi connectivity index (χ0n) is 10.1. The van der Waals surface area contributed by atoms with E-state index in [4.69, 9.17) is 6.57 Å². The van der Waals surface area contributed by atoms with Crippen molar-refractivity contribution in [3.05, 3.63) is 11.4 Å². The first-order valence-corrected chi connectivity index (χ1v) is 5.46. The Labute approximate surface area is 92.3 Å². The zero-order chi connectivity index (χ0) is 11.7. The smallest absolute Gasteiger partial charge is 0.240 e. The van der Waals surface area contributed by atoms with Crippen LogP contribution in [-0.4, -0.2) is 29.4 Å². The van der Waals surface area contributed by atoms with Gasteiger partial charge in [-0.2, -0.15) is 0 Å². The van der Waals surface area contributed by atoms with Crippen LogP contribution in [0.25, 0.3) is 4.85 Å². The van der Waals surface area contributed by atoms with Crippen LogP contribution in [0.3, 0.4) is 0 Å². The van der Waals surface area contributed by atoms with Crippen molar-refractivity contribution in [2.24, 2.45) is 5.41 Å². The first kappa shape index (κ1) is 12.0. The lowest BCUT2D eigenvalue weighted by Gasteiger charge is -2.40. The third-order valence-corrected chi connectivity index (χ3v) is 3.65. The van der Waals surface area contributed by atoms with Gasteiger partial charge in [0.1, 0.15) is 0 Å². The SMILES string of the molecule is [C-]#[N+]C1(C(C)(C)C)CCN(C(C)=O)CC1. The Morgan fingerprint density at radius 3 is 2.07 bits per heavy atom. The molecule has 0 unspecified atom stereocenters. The van der Waals surface area contributed by atoms with E-state index in [1.165, 1.54) is 0 Å². The second-order valence-corrected chi connectivity index (χ2v) is 5.40. The highest BCUT2D eigenvalue weighted by molar-refractivity contribution is 5.73. The molecule has 1 fully saturated rings. The van der Waals surface area contributed by atoms with Gasteiger partial charge in [-0.25, -0.2) is 6.57 Å². The second-order valence-electron chi connectivity index (χ2n) is 5.40. The molecule has 1 saturated heterocycles. The summed E-state index contributed by atoms with van der Waals surface area (Å²) in [5.74, 6) is 0.127. The van der Waals surface area contributed by atoms with Gasteiger partial charge in [-0.05, 0) is 0 Å². The minimum atomic E-state index is -0.279. The first-order chi connectivity index (χ1) is 6.82. The molecular weight excluding hydrogens is 188 g/mol. The predicted octanol–water partition coefficient (Wildman–Crippen LogP) is 2.33. The highest BCUT2D eigenvalue weighted by Crippen LogP contribution is 2.42. The fraction of sp³-hybridized carbons (Fsp3) is 0.833. The van der Waals surface area contributed by atoms with Crippen molar-refractivity contribution in [2.45, 2.75) is 46.1 Å². The van der Waals surface area contributed by atoms with E-state index in [-0.39, 0.29) is 16.9 Å². The molecule has 1 aliphatic heterocycles. The molecule has 1 rings (SSSR count). The van der Waals surface area contributed by atoms with Crippen LogP contribution in [0.2, 0.25) is 0 Å². The van der Waals surface area contributed by atoms with Crippen LogP contribution in [0, 0.1) is 12.0 Å². The van der Waals surface area contributed by atoms with Crippen LogP contribution < -0.4 is 0 Å². The van der Waals surface area contributed by atoms with Crippen molar-refractivity contribution in [1.82, 2.24) is 4.90 Å². The summed E-state index contributed by atoms with van der Waals surface area (Å²) in [6.45, 7) is 16.8. The molecule has 0 N–H and O–H groups in total. The molecular formula is C12H20N2O. The van der Waals surface area contributed by atoms with Crippen LogP contribution in [0.4, 0.5) is 0 Å². The van der Waals surface area contributed by atoms with Crippen molar-refractivity contribution < 1.29 is 4.79 Å². The van der Waals surface area contributed by atoms with Crippen LogP contribution in [0.15, 0.2) is 0 Å². The summed E-state index contributed by atoms with van der Waals surface area (Å²) < 4.78 is 0. The molecule has 0 aromatic rings. The lowest BCUT2D eigenvalue weighted by molar-refractivity contribution is -0.130. The van der Waals surface area contributed by atoms with Gasteiger partial charge in [-0.1, -0.05) is 20.8 Å². The van der Waals surface area contributed by atoms with Crippen LogP contribution >= 0.6 is 0 Å². The molecule has 1 aliphatic rings. The third kappa shape index (κ3) is 2.14. The second kappa shape index (κ2) is 3.84. The summed E-state index contributed by atoms with van der Waals surface area (Å²) in [4.78, 5) is 16.9. The molecule has 0 bridgehead atoms. The number of carbonyl (C=O) groups excluding carboxylic acids is 1. The summed E-state index contributed by atoms with van der Waals surface area (Å²) >= 11 is 0. The quantitative estimate of drug-likeness (QED) is 0.561. The standard InChI is InChI=1S/C12H20N2O/c1-10(15)14-8-6-12(13-5,7-9-14)11(2,3)4/h6-9H2,1-4H3. The largest absolute Gasteiger partial charge is 0.342 e. The van der Waals surface area contributed by atoms with E-state index < -0.39 is 0 Å². The Morgan fingerprint density at radius 1 is 1.33 bits per heavy atom. The fourth-order valence-electron chi connectivity index (χ4n) is 2.22. The topological polar surface area (TPSA) is 24.7 Å². The Bertz CT molecular complexity index is 288. The maximum absolute atomic E-state index is 11.2. The molecule has 0 spiro atoms. The number of carbonyl (C=O) groups is 1. The van der Waals surface area contributed by atoms with E-state index in [1.54, 1.807) is 6.92 Å². The van der Waals surface area contributed by atoms with Gasteiger partial charge in [-0.15, -0.1) is 0 Å². The van der Waals surface area contributed by atoms with Gasteiger partial charge in [0.2, 0.25) is 11.4 Å². The summed E-state index contributed by atoms with van der Waals surface area (Å²) in [6, 6.07) is 0. The molecule has 0 aromatic heterocycles. The van der Waals surface area contributed by atoms with Crippen LogP contribution in [0.1, 0.15) is 40.5 Å². The van der Waals surface area contributed by atoms with Crippen molar-refractivity contribution in [2.75, 3.05) is 13.1 Å². The van der Waals surface area contributed by atoms with E-state index in [9.17, 15) is 4.79 Å². The first-order valence-electron chi connectivity index (χ1n) is 5.46. The minimum absolute atomic E-state index is 0.00235. The van der Waals surface area contributed by atoms with Crippen molar-refractivity contribution in [1.29, 1.82) is 0 Å². The van der Waals surface area contributed by atoms with Gasteiger partial charge in [0.15, 0.2) is 0 Å². The monoisotopic (exact) mass is 208 g/mol. The average molecular weight is 208 g/mol. The van der Waals surface area contributed by atoms with Crippen LogP contribution in [-0.2, 0) is 4.79 Å². The zero-order valence-corrected chi connectivity index (χ0v) is 10.1. The summed E-state index contributed by atoms with van der Waals surface area (Å²) in [7, 11) is 0. The molecule has 84 valence electrons. The molecule has 0 aliphatic carbocycles. The number of likely N-dealkylation sites (tertiary alicyclic amines) is 1. The van der Waals surface area contributed by atoms with E-state index in [2.05, 4.69) is 25.6 Å². The lowest BCUT2D eigenvalue weighted by atomic mass is 9.68. The number of nitrogens with zero attached hydrogens (tertiary/aromatic N) is 2. The van der Waals surface area contributed by atoms with Gasteiger partial charge in [0.05, 0.1) is 0 Å². The number of hydrogen-bond acceptors (Lipinski definition) is 1. The minimum Gasteiger partial charge on any atom is -0.342 e. The maximum atomic E-state index is 11.2. The van der Waals surface area contributed by atoms with Crippen molar-refractivity contribution >= 4 is 5.91 Å². The maximum Gasteiger partial charge on any atom is 0.240 e. The number of hydrogen-bond donors (Lipinski definition) is 0. The number of amides is 1. The summed E-state index contributed by atoms with van der Waals surface area (Å²) in [6.07, 6.45) is 1.61. The normalized spacial score (nSPS) is 20.9. The molecule has 1 amide bonds. The molecule has 0 aromatic carbocycles. The lowest BCUT2D eigenvalue weighted by Crippen LogP contribution is -2.50. The Hall–Kier alpha value is -1.04. The van der Waals surface area contributed by atoms with E-state index in [0.29, 0.717) is 0 Å². The van der Waals surface area contributed by atoms with Gasteiger partial charge < -0.3 is 9.74 Å². The molecule has 0 saturated carbocycles. The molecule has 1 heterocycles. The van der Waals surface area contributed by atoms with Gasteiger partial charge in [-0.3, -0.25) is 4.79 Å². The van der Waals surface area contributed by atoms with Gasteiger partial charge >= 0.3 is 0 Å². The van der Waals surface area contributed by atoms with E-state index in [1.807, 2.05) is 4.90 Å². The fourth-order valence-corrected chi connectivity index (χ4v) is 2.22. The number of rotatable bonds is 0. The number of piperidine rings is 1. The van der Waals surface area contributed by atoms with Crippen molar-refractivity contribution in [3.63, 3.8) is 0 Å². The molecule has 3 heteroatoms. The average Bonchev–Trinajstić information content (AvgIpc) is 2.16. The highest BCUT2D eigenvalue weighted by atomic mass is 16.2. The van der Waals surface area contributed by atoms with Gasteiger partial charge in [0, 0.05) is 38.3 Å². The Balaban J connectivity index is 2.77. The third-order valence-electron chi connectivity index (χ3n) is 3.65. The molecule has 3 nitrogen and oxygen atoms in total. The Morgan fingerprint density at radius 2 is 1.80 bits per heavy atom. The van der Waals surface area contributed by atoms with E-state index in [0.717, 1.165) is 25.9 Å². The molecule has 0 atom stereocenters. The predicted molar refractivity (Wildman–Crippen MR) is 60.3 cm³/mol. The summed E-state index contributed by atoms with van der Waals surface area (Å²) in [5.41, 5.74) is -0.281. The van der Waals surface area contributed by atoms with Crippen LogP contribution in [0.5, 0.6) is 0 Å². The van der Waals surface area contributed by atoms with E-state index >= 15 is 0 Å². The molecule has 15 heavy (non-hydrogen) atoms. The highest BCUT2D eigenvalue weighted by Gasteiger charge is 2.50. The molecule has 0 radical (unpaired) electrons. The van der Waals surface area contributed by atoms with Crippen molar-refractivity contribution in [3.8, 4) is 0 Å². The Kier molecular flexibility index (Phi) is 3.08.